The average molecular weight is 408 g/mol. The van der Waals surface area contributed by atoms with Crippen molar-refractivity contribution in [3.8, 4) is 22.5 Å². The number of carbonyl (C=O) groups excluding carboxylic acids is 1. The number of imidazole rings is 1. The molecule has 0 aliphatic rings. The molecule has 0 atom stereocenters. The molecule has 0 spiro atoms. The van der Waals surface area contributed by atoms with Gasteiger partial charge in [0.1, 0.15) is 24.9 Å². The van der Waals surface area contributed by atoms with Crippen molar-refractivity contribution >= 4 is 28.3 Å². The van der Waals surface area contributed by atoms with Gasteiger partial charge in [0.05, 0.1) is 22.3 Å². The van der Waals surface area contributed by atoms with E-state index in [4.69, 9.17) is 10.2 Å². The number of furan rings is 1. The Morgan fingerprint density at radius 2 is 1.65 bits per heavy atom. The molecule has 0 unspecified atom stereocenters. The first-order valence-electron chi connectivity index (χ1n) is 9.92. The first-order chi connectivity index (χ1) is 15.2. The van der Waals surface area contributed by atoms with Gasteiger partial charge < -0.3 is 20.0 Å². The lowest BCUT2D eigenvalue weighted by atomic mass is 10.0. The Labute approximate surface area is 178 Å². The quantitative estimate of drug-likeness (QED) is 0.419. The molecule has 0 aliphatic carbocycles. The summed E-state index contributed by atoms with van der Waals surface area (Å²) in [5.74, 6) is 0.439. The molecule has 1 amide bonds. The Kier molecular flexibility index (Phi) is 4.72. The van der Waals surface area contributed by atoms with Gasteiger partial charge in [-0.2, -0.15) is 0 Å². The van der Waals surface area contributed by atoms with E-state index in [0.29, 0.717) is 17.1 Å². The number of nitrogens with two attached hydrogens (primary N) is 1. The topological polar surface area (TPSA) is 86.1 Å². The number of amides is 1. The minimum absolute atomic E-state index is 0.0869. The number of nitrogens with one attached hydrogen (secondary N) is 1. The highest BCUT2D eigenvalue weighted by Gasteiger charge is 2.18. The molecule has 6 heteroatoms. The summed E-state index contributed by atoms with van der Waals surface area (Å²) in [5, 5.41) is 3.06. The number of aromatic nitrogens is 2. The van der Waals surface area contributed by atoms with Crippen molar-refractivity contribution in [3.63, 3.8) is 0 Å². The molecule has 0 bridgehead atoms. The second-order valence-electron chi connectivity index (χ2n) is 7.21. The van der Waals surface area contributed by atoms with Crippen LogP contribution in [0.4, 0.5) is 11.4 Å². The molecule has 2 heterocycles. The highest BCUT2D eigenvalue weighted by molar-refractivity contribution is 5.96. The number of hydrogen-bond acceptors (Lipinski definition) is 4. The number of nitrogens with zero attached hydrogens (tertiary/aromatic N) is 2. The summed E-state index contributed by atoms with van der Waals surface area (Å²) >= 11 is 0. The van der Waals surface area contributed by atoms with Crippen molar-refractivity contribution < 1.29 is 9.21 Å². The van der Waals surface area contributed by atoms with Crippen LogP contribution in [0.2, 0.25) is 0 Å². The lowest BCUT2D eigenvalue weighted by molar-refractivity contribution is -0.116. The van der Waals surface area contributed by atoms with E-state index in [2.05, 4.69) is 10.3 Å². The maximum Gasteiger partial charge on any atom is 0.244 e. The van der Waals surface area contributed by atoms with Crippen LogP contribution in [0.1, 0.15) is 0 Å². The van der Waals surface area contributed by atoms with E-state index in [-0.39, 0.29) is 12.5 Å². The number of fused-ring (bicyclic) bond motifs is 1. The van der Waals surface area contributed by atoms with Crippen LogP contribution in [0.3, 0.4) is 0 Å². The summed E-state index contributed by atoms with van der Waals surface area (Å²) in [4.78, 5) is 17.8. The van der Waals surface area contributed by atoms with E-state index in [0.717, 1.165) is 27.8 Å². The predicted octanol–water partition coefficient (Wildman–Crippen LogP) is 5.18. The summed E-state index contributed by atoms with van der Waals surface area (Å²) in [6.45, 7) is 0.0869. The molecule has 152 valence electrons. The minimum atomic E-state index is -0.158. The van der Waals surface area contributed by atoms with E-state index in [1.165, 1.54) is 6.26 Å². The number of benzene rings is 3. The monoisotopic (exact) mass is 408 g/mol. The van der Waals surface area contributed by atoms with Crippen LogP contribution in [0.25, 0.3) is 33.5 Å². The van der Waals surface area contributed by atoms with Crippen LogP contribution in [0, 0.1) is 0 Å². The Morgan fingerprint density at radius 1 is 0.903 bits per heavy atom. The molecule has 0 radical (unpaired) electrons. The van der Waals surface area contributed by atoms with Gasteiger partial charge in [-0.15, -0.1) is 0 Å². The van der Waals surface area contributed by atoms with Gasteiger partial charge in [-0.1, -0.05) is 60.7 Å². The van der Waals surface area contributed by atoms with Gasteiger partial charge in [0, 0.05) is 11.3 Å². The molecule has 31 heavy (non-hydrogen) atoms. The van der Waals surface area contributed by atoms with E-state index < -0.39 is 0 Å². The van der Waals surface area contributed by atoms with Crippen LogP contribution in [0.5, 0.6) is 0 Å². The fraction of sp³-hybridized carbons (Fsp3) is 0.0400. The molecule has 3 N–H and O–H groups in total. The summed E-state index contributed by atoms with van der Waals surface area (Å²) in [7, 11) is 0. The number of carbonyl (C=O) groups is 1. The molecule has 0 saturated heterocycles. The van der Waals surface area contributed by atoms with E-state index >= 15 is 0 Å². The van der Waals surface area contributed by atoms with Gasteiger partial charge in [0.25, 0.3) is 0 Å². The fourth-order valence-corrected chi connectivity index (χ4v) is 3.72. The number of para-hydroxylation sites is 3. The smallest absolute Gasteiger partial charge is 0.244 e. The predicted molar refractivity (Wildman–Crippen MR) is 122 cm³/mol. The first kappa shape index (κ1) is 18.7. The normalized spacial score (nSPS) is 11.0. The van der Waals surface area contributed by atoms with Crippen molar-refractivity contribution in [1.82, 2.24) is 9.55 Å². The van der Waals surface area contributed by atoms with Crippen LogP contribution in [0.15, 0.2) is 95.8 Å². The number of anilines is 2. The zero-order valence-corrected chi connectivity index (χ0v) is 16.7. The average Bonchev–Trinajstić information content (AvgIpc) is 3.38. The Balaban J connectivity index is 1.50. The SMILES string of the molecule is Nc1cocc1-c1nc2ccccc2n1CC(=O)Nc1ccccc1-c1ccccc1. The van der Waals surface area contributed by atoms with Gasteiger partial charge in [0.15, 0.2) is 0 Å². The molecule has 0 aliphatic heterocycles. The van der Waals surface area contributed by atoms with E-state index in [1.807, 2.05) is 83.4 Å². The standard InChI is InChI=1S/C25H20N4O2/c26-20-16-31-15-19(20)25-28-22-12-6-7-13-23(22)29(25)14-24(30)27-21-11-5-4-10-18(21)17-8-2-1-3-9-17/h1-13,15-16H,14,26H2,(H,27,30). The van der Waals surface area contributed by atoms with Crippen LogP contribution < -0.4 is 11.1 Å². The van der Waals surface area contributed by atoms with Gasteiger partial charge >= 0.3 is 0 Å². The van der Waals surface area contributed by atoms with E-state index in [1.54, 1.807) is 6.26 Å². The maximum absolute atomic E-state index is 13.1. The third-order valence-electron chi connectivity index (χ3n) is 5.18. The van der Waals surface area contributed by atoms with Gasteiger partial charge in [0.2, 0.25) is 5.91 Å². The molecule has 0 fully saturated rings. The summed E-state index contributed by atoms with van der Waals surface area (Å²) in [6, 6.07) is 25.4. The molecule has 6 nitrogen and oxygen atoms in total. The Morgan fingerprint density at radius 3 is 2.45 bits per heavy atom. The zero-order valence-electron chi connectivity index (χ0n) is 16.7. The molecule has 2 aromatic heterocycles. The summed E-state index contributed by atoms with van der Waals surface area (Å²) < 4.78 is 7.10. The number of rotatable bonds is 5. The van der Waals surface area contributed by atoms with Crippen molar-refractivity contribution in [3.05, 3.63) is 91.4 Å². The second-order valence-corrected chi connectivity index (χ2v) is 7.21. The zero-order chi connectivity index (χ0) is 21.2. The Hall–Kier alpha value is -4.32. The highest BCUT2D eigenvalue weighted by Crippen LogP contribution is 2.31. The van der Waals surface area contributed by atoms with Crippen molar-refractivity contribution in [2.75, 3.05) is 11.1 Å². The largest absolute Gasteiger partial charge is 0.470 e. The maximum atomic E-state index is 13.1. The van der Waals surface area contributed by atoms with Crippen molar-refractivity contribution in [2.45, 2.75) is 6.54 Å². The second kappa shape index (κ2) is 7.84. The molecule has 5 aromatic rings. The van der Waals surface area contributed by atoms with Crippen molar-refractivity contribution in [2.24, 2.45) is 0 Å². The third-order valence-corrected chi connectivity index (χ3v) is 5.18. The Bertz CT molecular complexity index is 1370. The third kappa shape index (κ3) is 3.55. The van der Waals surface area contributed by atoms with Crippen LogP contribution in [-0.2, 0) is 11.3 Å². The molecule has 0 saturated carbocycles. The van der Waals surface area contributed by atoms with Crippen LogP contribution >= 0.6 is 0 Å². The number of nitrogen functional groups attached to an aromatic ring is 1. The van der Waals surface area contributed by atoms with E-state index in [9.17, 15) is 4.79 Å². The van der Waals surface area contributed by atoms with Gasteiger partial charge in [-0.3, -0.25) is 4.79 Å². The fourth-order valence-electron chi connectivity index (χ4n) is 3.72. The highest BCUT2D eigenvalue weighted by atomic mass is 16.3. The van der Waals surface area contributed by atoms with Crippen LogP contribution in [-0.4, -0.2) is 15.5 Å². The molecule has 5 rings (SSSR count). The van der Waals surface area contributed by atoms with Gasteiger partial charge in [-0.05, 0) is 23.8 Å². The summed E-state index contributed by atoms with van der Waals surface area (Å²) in [5.41, 5.74) is 11.6. The molecular formula is C25H20N4O2. The van der Waals surface area contributed by atoms with Gasteiger partial charge in [-0.25, -0.2) is 4.98 Å². The summed E-state index contributed by atoms with van der Waals surface area (Å²) in [6.07, 6.45) is 3.02. The lowest BCUT2D eigenvalue weighted by Gasteiger charge is -2.13. The number of hydrogen-bond donors (Lipinski definition) is 2. The molecule has 3 aromatic carbocycles. The van der Waals surface area contributed by atoms with Crippen molar-refractivity contribution in [1.29, 1.82) is 0 Å². The molecular weight excluding hydrogens is 388 g/mol. The minimum Gasteiger partial charge on any atom is -0.470 e. The first-order valence-corrected chi connectivity index (χ1v) is 9.92. The lowest BCUT2D eigenvalue weighted by Crippen LogP contribution is -2.19.